The topological polar surface area (TPSA) is 74.6 Å². The molecule has 0 aromatic heterocycles. The lowest BCUT2D eigenvalue weighted by molar-refractivity contribution is 0.0982. The average molecular weight is 312 g/mol. The molecule has 0 spiro atoms. The van der Waals surface area contributed by atoms with Crippen LogP contribution in [0.5, 0.6) is 11.5 Å². The molecule has 0 aliphatic rings. The van der Waals surface area contributed by atoms with Crippen molar-refractivity contribution in [3.05, 3.63) is 68.4 Å². The van der Waals surface area contributed by atoms with Crippen molar-refractivity contribution in [1.29, 1.82) is 0 Å². The number of carbonyl (C=O) groups excluding carboxylic acids is 1. The van der Waals surface area contributed by atoms with E-state index in [1.807, 2.05) is 26.0 Å². The number of aromatic hydroxyl groups is 2. The smallest absolute Gasteiger partial charge is 0.224 e. The number of aryl methyl sites for hydroxylation is 4. The van der Waals surface area contributed by atoms with Crippen molar-refractivity contribution < 1.29 is 15.0 Å². The minimum atomic E-state index is -0.735. The van der Waals surface area contributed by atoms with Crippen LogP contribution in [0.2, 0.25) is 0 Å². The first kappa shape index (κ1) is 16.7. The maximum absolute atomic E-state index is 12.4. The zero-order chi connectivity index (χ0) is 17.1. The summed E-state index contributed by atoms with van der Waals surface area (Å²) in [5, 5.41) is 19.2. The van der Waals surface area contributed by atoms with Crippen molar-refractivity contribution in [3.63, 3.8) is 0 Å². The van der Waals surface area contributed by atoms with Crippen LogP contribution in [0.4, 0.5) is 0 Å². The summed E-state index contributed by atoms with van der Waals surface area (Å²) in [6, 6.07) is 8.42. The molecule has 0 unspecified atom stereocenters. The Kier molecular flexibility index (Phi) is 4.84. The minimum absolute atomic E-state index is 0.173. The Labute approximate surface area is 135 Å². The quantitative estimate of drug-likeness (QED) is 0.850. The zero-order valence-corrected chi connectivity index (χ0v) is 13.5. The molecular weight excluding hydrogens is 292 g/mol. The SMILES string of the molecule is Cc1ccc(CCC(=O)c2cc(O)c(O)c(=O)cc2C)c(C)c1. The summed E-state index contributed by atoms with van der Waals surface area (Å²) in [6.45, 7) is 5.64. The number of benzene rings is 1. The first-order valence-corrected chi connectivity index (χ1v) is 7.46. The highest BCUT2D eigenvalue weighted by atomic mass is 16.3. The van der Waals surface area contributed by atoms with Gasteiger partial charge in [0.2, 0.25) is 11.2 Å². The fourth-order valence-corrected chi connectivity index (χ4v) is 2.60. The Hall–Kier alpha value is -2.62. The van der Waals surface area contributed by atoms with Gasteiger partial charge < -0.3 is 10.2 Å². The van der Waals surface area contributed by atoms with Crippen molar-refractivity contribution in [3.8, 4) is 11.5 Å². The second-order valence-corrected chi connectivity index (χ2v) is 5.84. The highest BCUT2D eigenvalue weighted by Crippen LogP contribution is 2.23. The number of hydrogen-bond acceptors (Lipinski definition) is 4. The van der Waals surface area contributed by atoms with Crippen LogP contribution < -0.4 is 5.43 Å². The summed E-state index contributed by atoms with van der Waals surface area (Å²) in [4.78, 5) is 24.0. The molecule has 2 N–H and O–H groups in total. The van der Waals surface area contributed by atoms with Gasteiger partial charge in [-0.2, -0.15) is 0 Å². The molecule has 0 heterocycles. The van der Waals surface area contributed by atoms with Crippen molar-refractivity contribution >= 4 is 5.78 Å². The predicted molar refractivity (Wildman–Crippen MR) is 89.3 cm³/mol. The van der Waals surface area contributed by atoms with Crippen LogP contribution in [0.3, 0.4) is 0 Å². The second kappa shape index (κ2) is 6.65. The average Bonchev–Trinajstić information content (AvgIpc) is 2.58. The predicted octanol–water partition coefficient (Wildman–Crippen LogP) is 3.20. The zero-order valence-electron chi connectivity index (χ0n) is 13.5. The number of Topliss-reactive ketones (excluding diaryl/α,β-unsaturated/α-hetero) is 1. The first-order chi connectivity index (χ1) is 10.8. The number of rotatable bonds is 4. The Balaban J connectivity index is 2.27. The standard InChI is InChI=1S/C19H20O4/c1-11-4-5-14(12(2)8-11)6-7-16(20)15-10-18(22)19(23)17(21)9-13(15)3/h4-5,8-10H,6-7H2,1-3H3,(H2,21,22,23). The molecule has 2 aromatic rings. The molecule has 0 bridgehead atoms. The highest BCUT2D eigenvalue weighted by molar-refractivity contribution is 5.97. The van der Waals surface area contributed by atoms with E-state index in [1.54, 1.807) is 6.92 Å². The molecule has 0 fully saturated rings. The van der Waals surface area contributed by atoms with Crippen molar-refractivity contribution in [1.82, 2.24) is 0 Å². The Morgan fingerprint density at radius 1 is 1.00 bits per heavy atom. The van der Waals surface area contributed by atoms with Gasteiger partial charge in [0.05, 0.1) is 0 Å². The van der Waals surface area contributed by atoms with Gasteiger partial charge in [-0.05, 0) is 56.0 Å². The van der Waals surface area contributed by atoms with E-state index in [9.17, 15) is 19.8 Å². The lowest BCUT2D eigenvalue weighted by Gasteiger charge is -2.07. The summed E-state index contributed by atoms with van der Waals surface area (Å²) >= 11 is 0. The maximum atomic E-state index is 12.4. The van der Waals surface area contributed by atoms with E-state index >= 15 is 0 Å². The van der Waals surface area contributed by atoms with Crippen LogP contribution in [-0.4, -0.2) is 16.0 Å². The monoisotopic (exact) mass is 312 g/mol. The molecule has 120 valence electrons. The van der Waals surface area contributed by atoms with Gasteiger partial charge in [-0.3, -0.25) is 9.59 Å². The van der Waals surface area contributed by atoms with E-state index in [1.165, 1.54) is 11.6 Å². The van der Waals surface area contributed by atoms with E-state index in [4.69, 9.17) is 0 Å². The third-order valence-corrected chi connectivity index (χ3v) is 3.95. The molecule has 4 heteroatoms. The molecule has 0 saturated carbocycles. The summed E-state index contributed by atoms with van der Waals surface area (Å²) < 4.78 is 0. The van der Waals surface area contributed by atoms with Crippen LogP contribution in [0.25, 0.3) is 0 Å². The van der Waals surface area contributed by atoms with E-state index < -0.39 is 16.9 Å². The van der Waals surface area contributed by atoms with E-state index in [0.717, 1.165) is 17.2 Å². The van der Waals surface area contributed by atoms with Gasteiger partial charge in [-0.25, -0.2) is 0 Å². The van der Waals surface area contributed by atoms with Crippen LogP contribution in [0.1, 0.15) is 39.0 Å². The maximum Gasteiger partial charge on any atom is 0.224 e. The molecule has 2 aromatic carbocycles. The van der Waals surface area contributed by atoms with Crippen molar-refractivity contribution in [2.75, 3.05) is 0 Å². The Bertz CT molecular complexity index is 822. The number of ketones is 1. The molecule has 0 atom stereocenters. The molecule has 0 amide bonds. The van der Waals surface area contributed by atoms with Gasteiger partial charge in [-0.15, -0.1) is 0 Å². The molecular formula is C19H20O4. The summed E-state index contributed by atoms with van der Waals surface area (Å²) in [5.74, 6) is -1.48. The second-order valence-electron chi connectivity index (χ2n) is 5.84. The molecule has 4 nitrogen and oxygen atoms in total. The lowest BCUT2D eigenvalue weighted by atomic mass is 9.97. The van der Waals surface area contributed by atoms with Gasteiger partial charge in [0.25, 0.3) is 0 Å². The molecule has 0 aliphatic carbocycles. The Morgan fingerprint density at radius 2 is 1.70 bits per heavy atom. The van der Waals surface area contributed by atoms with Crippen LogP contribution in [-0.2, 0) is 6.42 Å². The Morgan fingerprint density at radius 3 is 2.35 bits per heavy atom. The summed E-state index contributed by atoms with van der Waals surface area (Å²) in [6.07, 6.45) is 0.850. The number of hydrogen-bond donors (Lipinski definition) is 2. The van der Waals surface area contributed by atoms with E-state index in [0.29, 0.717) is 12.0 Å². The molecule has 0 radical (unpaired) electrons. The molecule has 23 heavy (non-hydrogen) atoms. The lowest BCUT2D eigenvalue weighted by Crippen LogP contribution is -2.04. The van der Waals surface area contributed by atoms with Crippen molar-refractivity contribution in [2.24, 2.45) is 0 Å². The van der Waals surface area contributed by atoms with E-state index in [2.05, 4.69) is 6.07 Å². The van der Waals surface area contributed by atoms with Gasteiger partial charge in [0.1, 0.15) is 0 Å². The molecule has 0 saturated heterocycles. The molecule has 2 rings (SSSR count). The third-order valence-electron chi connectivity index (χ3n) is 3.95. The van der Waals surface area contributed by atoms with Gasteiger partial charge in [0, 0.05) is 12.0 Å². The van der Waals surface area contributed by atoms with Crippen LogP contribution in [0, 0.1) is 20.8 Å². The summed E-state index contributed by atoms with van der Waals surface area (Å²) in [5.41, 5.74) is 3.40. The van der Waals surface area contributed by atoms with Gasteiger partial charge in [0.15, 0.2) is 11.5 Å². The first-order valence-electron chi connectivity index (χ1n) is 7.46. The van der Waals surface area contributed by atoms with Crippen LogP contribution >= 0.6 is 0 Å². The normalized spacial score (nSPS) is 10.6. The van der Waals surface area contributed by atoms with E-state index in [-0.39, 0.29) is 17.8 Å². The fraction of sp³-hybridized carbons (Fsp3) is 0.263. The van der Waals surface area contributed by atoms with Gasteiger partial charge >= 0.3 is 0 Å². The largest absolute Gasteiger partial charge is 0.504 e. The third kappa shape index (κ3) is 3.77. The summed E-state index contributed by atoms with van der Waals surface area (Å²) in [7, 11) is 0. The van der Waals surface area contributed by atoms with Crippen molar-refractivity contribution in [2.45, 2.75) is 33.6 Å². The number of carbonyl (C=O) groups is 1. The van der Waals surface area contributed by atoms with Crippen LogP contribution in [0.15, 0.2) is 35.1 Å². The van der Waals surface area contributed by atoms with Gasteiger partial charge in [-0.1, -0.05) is 23.8 Å². The fourth-order valence-electron chi connectivity index (χ4n) is 2.60. The highest BCUT2D eigenvalue weighted by Gasteiger charge is 2.13. The molecule has 0 aliphatic heterocycles. The minimum Gasteiger partial charge on any atom is -0.504 e.